The van der Waals surface area contributed by atoms with Gasteiger partial charge in [0.1, 0.15) is 17.0 Å². The SMILES string of the molecule is O=C(NCC1CCCN1c1nc2ccccc2o1)c1ccc(Oc2ccccc2)cc1. The second-order valence-electron chi connectivity index (χ2n) is 7.60. The number of nitrogens with zero attached hydrogens (tertiary/aromatic N) is 2. The summed E-state index contributed by atoms with van der Waals surface area (Å²) < 4.78 is 11.7. The molecule has 1 fully saturated rings. The molecule has 31 heavy (non-hydrogen) atoms. The van der Waals surface area contributed by atoms with Crippen LogP contribution in [-0.2, 0) is 0 Å². The van der Waals surface area contributed by atoms with Crippen LogP contribution in [0.5, 0.6) is 11.5 Å². The van der Waals surface area contributed by atoms with Gasteiger partial charge in [0.2, 0.25) is 0 Å². The van der Waals surface area contributed by atoms with Gasteiger partial charge < -0.3 is 19.4 Å². The molecule has 1 aromatic heterocycles. The van der Waals surface area contributed by atoms with Crippen molar-refractivity contribution in [2.24, 2.45) is 0 Å². The molecule has 0 radical (unpaired) electrons. The number of amides is 1. The molecule has 1 N–H and O–H groups in total. The largest absolute Gasteiger partial charge is 0.457 e. The lowest BCUT2D eigenvalue weighted by molar-refractivity contribution is 0.0951. The Morgan fingerprint density at radius 1 is 1.00 bits per heavy atom. The Kier molecular flexibility index (Phi) is 5.27. The third-order valence-corrected chi connectivity index (χ3v) is 5.50. The standard InChI is InChI=1S/C25H23N3O3/c29-24(18-12-14-21(15-13-18)30-20-8-2-1-3-9-20)26-17-19-7-6-16-28(19)25-27-22-10-4-5-11-23(22)31-25/h1-5,8-15,19H,6-7,16-17H2,(H,26,29). The van der Waals surface area contributed by atoms with Crippen molar-refractivity contribution in [3.05, 3.63) is 84.4 Å². The van der Waals surface area contributed by atoms with Crippen molar-refractivity contribution >= 4 is 23.0 Å². The summed E-state index contributed by atoms with van der Waals surface area (Å²) in [5.41, 5.74) is 2.24. The molecule has 156 valence electrons. The highest BCUT2D eigenvalue weighted by Crippen LogP contribution is 2.28. The molecule has 1 saturated heterocycles. The maximum absolute atomic E-state index is 12.6. The van der Waals surface area contributed by atoms with Gasteiger partial charge in [0, 0.05) is 18.7 Å². The van der Waals surface area contributed by atoms with E-state index in [4.69, 9.17) is 9.15 Å². The van der Waals surface area contributed by atoms with E-state index in [1.807, 2.05) is 66.7 Å². The normalized spacial score (nSPS) is 15.9. The summed E-state index contributed by atoms with van der Waals surface area (Å²) in [5, 5.41) is 3.05. The van der Waals surface area contributed by atoms with Crippen molar-refractivity contribution in [1.29, 1.82) is 0 Å². The average molecular weight is 413 g/mol. The van der Waals surface area contributed by atoms with Gasteiger partial charge in [-0.15, -0.1) is 0 Å². The average Bonchev–Trinajstić information content (AvgIpc) is 3.45. The van der Waals surface area contributed by atoms with Gasteiger partial charge in [0.25, 0.3) is 11.9 Å². The number of carbonyl (C=O) groups is 1. The summed E-state index contributed by atoms with van der Waals surface area (Å²) in [6.07, 6.45) is 2.04. The Labute approximate surface area is 180 Å². The molecule has 1 aliphatic heterocycles. The summed E-state index contributed by atoms with van der Waals surface area (Å²) in [5.74, 6) is 1.36. The number of fused-ring (bicyclic) bond motifs is 1. The zero-order chi connectivity index (χ0) is 21.0. The molecule has 0 bridgehead atoms. The molecule has 4 aromatic rings. The summed E-state index contributed by atoms with van der Waals surface area (Å²) in [6, 6.07) is 25.3. The number of benzene rings is 3. The van der Waals surface area contributed by atoms with E-state index in [1.165, 1.54) is 0 Å². The predicted octanol–water partition coefficient (Wildman–Crippen LogP) is 5.02. The van der Waals surface area contributed by atoms with Crippen molar-refractivity contribution in [2.45, 2.75) is 18.9 Å². The molecular weight excluding hydrogens is 390 g/mol. The molecule has 1 unspecified atom stereocenters. The molecule has 6 nitrogen and oxygen atoms in total. The lowest BCUT2D eigenvalue weighted by Gasteiger charge is -2.23. The first-order chi connectivity index (χ1) is 15.3. The lowest BCUT2D eigenvalue weighted by atomic mass is 10.2. The van der Waals surface area contributed by atoms with E-state index in [0.717, 1.165) is 36.2 Å². The smallest absolute Gasteiger partial charge is 0.298 e. The number of ether oxygens (including phenoxy) is 1. The van der Waals surface area contributed by atoms with Crippen LogP contribution in [0.1, 0.15) is 23.2 Å². The van der Waals surface area contributed by atoms with Crippen LogP contribution in [0.2, 0.25) is 0 Å². The third kappa shape index (κ3) is 4.23. The summed E-state index contributed by atoms with van der Waals surface area (Å²) >= 11 is 0. The van der Waals surface area contributed by atoms with Crippen LogP contribution in [-0.4, -0.2) is 30.0 Å². The second-order valence-corrected chi connectivity index (χ2v) is 7.60. The van der Waals surface area contributed by atoms with E-state index in [9.17, 15) is 4.79 Å². The van der Waals surface area contributed by atoms with Crippen LogP contribution in [0, 0.1) is 0 Å². The summed E-state index contributed by atoms with van der Waals surface area (Å²) in [7, 11) is 0. The highest BCUT2D eigenvalue weighted by atomic mass is 16.5. The summed E-state index contributed by atoms with van der Waals surface area (Å²) in [4.78, 5) is 19.4. The molecule has 1 atom stereocenters. The number of oxazole rings is 1. The number of nitrogens with one attached hydrogen (secondary N) is 1. The first-order valence-electron chi connectivity index (χ1n) is 10.5. The minimum absolute atomic E-state index is 0.101. The van der Waals surface area contributed by atoms with Crippen molar-refractivity contribution in [3.8, 4) is 11.5 Å². The van der Waals surface area contributed by atoms with Crippen LogP contribution in [0.15, 0.2) is 83.3 Å². The zero-order valence-corrected chi connectivity index (χ0v) is 17.0. The van der Waals surface area contributed by atoms with Gasteiger partial charge >= 0.3 is 0 Å². The van der Waals surface area contributed by atoms with Crippen LogP contribution >= 0.6 is 0 Å². The molecule has 1 amide bonds. The number of anilines is 1. The number of hydrogen-bond acceptors (Lipinski definition) is 5. The van der Waals surface area contributed by atoms with E-state index >= 15 is 0 Å². The fourth-order valence-electron chi connectivity index (χ4n) is 3.89. The Morgan fingerprint density at radius 2 is 1.74 bits per heavy atom. The minimum Gasteiger partial charge on any atom is -0.457 e. The minimum atomic E-state index is -0.101. The molecule has 5 rings (SSSR count). The Balaban J connectivity index is 1.20. The molecule has 3 aromatic carbocycles. The van der Waals surface area contributed by atoms with E-state index < -0.39 is 0 Å². The van der Waals surface area contributed by atoms with Gasteiger partial charge in [-0.1, -0.05) is 30.3 Å². The van der Waals surface area contributed by atoms with Gasteiger partial charge in [-0.05, 0) is 61.4 Å². The number of aromatic nitrogens is 1. The fraction of sp³-hybridized carbons (Fsp3) is 0.200. The molecule has 1 aliphatic rings. The monoisotopic (exact) mass is 413 g/mol. The van der Waals surface area contributed by atoms with Crippen molar-refractivity contribution in [2.75, 3.05) is 18.0 Å². The number of hydrogen-bond donors (Lipinski definition) is 1. The first kappa shape index (κ1) is 19.2. The fourth-order valence-corrected chi connectivity index (χ4v) is 3.89. The van der Waals surface area contributed by atoms with Crippen molar-refractivity contribution in [1.82, 2.24) is 10.3 Å². The van der Waals surface area contributed by atoms with Gasteiger partial charge in [-0.25, -0.2) is 0 Å². The van der Waals surface area contributed by atoms with Crippen LogP contribution in [0.3, 0.4) is 0 Å². The molecule has 0 spiro atoms. The Hall–Kier alpha value is -3.80. The molecule has 6 heteroatoms. The molecule has 2 heterocycles. The van der Waals surface area contributed by atoms with E-state index in [-0.39, 0.29) is 11.9 Å². The lowest BCUT2D eigenvalue weighted by Crippen LogP contribution is -2.40. The Bertz CT molecular complexity index is 1140. The highest BCUT2D eigenvalue weighted by molar-refractivity contribution is 5.94. The van der Waals surface area contributed by atoms with Crippen LogP contribution in [0.25, 0.3) is 11.1 Å². The third-order valence-electron chi connectivity index (χ3n) is 5.50. The number of para-hydroxylation sites is 3. The van der Waals surface area contributed by atoms with Gasteiger partial charge in [-0.3, -0.25) is 4.79 Å². The van der Waals surface area contributed by atoms with E-state index in [1.54, 1.807) is 12.1 Å². The first-order valence-corrected chi connectivity index (χ1v) is 10.5. The van der Waals surface area contributed by atoms with Crippen LogP contribution < -0.4 is 15.0 Å². The topological polar surface area (TPSA) is 67.6 Å². The molecule has 0 aliphatic carbocycles. The number of carbonyl (C=O) groups excluding carboxylic acids is 1. The molecule has 0 saturated carbocycles. The van der Waals surface area contributed by atoms with Crippen LogP contribution in [0.4, 0.5) is 6.01 Å². The summed E-state index contributed by atoms with van der Waals surface area (Å²) in [6.45, 7) is 1.42. The van der Waals surface area contributed by atoms with Gasteiger partial charge in [0.15, 0.2) is 5.58 Å². The predicted molar refractivity (Wildman–Crippen MR) is 120 cm³/mol. The maximum atomic E-state index is 12.6. The second kappa shape index (κ2) is 8.52. The van der Waals surface area contributed by atoms with E-state index in [2.05, 4.69) is 15.2 Å². The number of rotatable bonds is 6. The van der Waals surface area contributed by atoms with Crippen molar-refractivity contribution in [3.63, 3.8) is 0 Å². The van der Waals surface area contributed by atoms with E-state index in [0.29, 0.717) is 23.9 Å². The zero-order valence-electron chi connectivity index (χ0n) is 17.0. The maximum Gasteiger partial charge on any atom is 0.298 e. The van der Waals surface area contributed by atoms with Gasteiger partial charge in [-0.2, -0.15) is 4.98 Å². The van der Waals surface area contributed by atoms with Crippen molar-refractivity contribution < 1.29 is 13.9 Å². The van der Waals surface area contributed by atoms with Gasteiger partial charge in [0.05, 0.1) is 6.04 Å². The molecular formula is C25H23N3O3. The Morgan fingerprint density at radius 3 is 2.55 bits per heavy atom. The highest BCUT2D eigenvalue weighted by Gasteiger charge is 2.28. The quantitative estimate of drug-likeness (QED) is 0.481.